The molecule has 10 heteroatoms. The molecule has 1 amide bonds. The van der Waals surface area contributed by atoms with E-state index in [-0.39, 0.29) is 22.8 Å². The summed E-state index contributed by atoms with van der Waals surface area (Å²) < 4.78 is 25.5. The van der Waals surface area contributed by atoms with Crippen molar-refractivity contribution in [3.8, 4) is 5.69 Å². The Morgan fingerprint density at radius 3 is 2.15 bits per heavy atom. The van der Waals surface area contributed by atoms with E-state index < -0.39 is 27.0 Å². The van der Waals surface area contributed by atoms with Gasteiger partial charge in [0.1, 0.15) is 0 Å². The number of sulfone groups is 1. The van der Waals surface area contributed by atoms with Gasteiger partial charge in [0.15, 0.2) is 9.84 Å². The SMILES string of the molecule is Cc1ccc(Cn2c(=O)c(C(=O)N3CCCC3)nn(-c3ccc(S(C)(=O)=O)cc3)c2=O)cc1. The molecular weight excluding hydrogens is 444 g/mol. The number of aryl methyl sites for hydroxylation is 1. The van der Waals surface area contributed by atoms with Crippen LogP contribution in [0.25, 0.3) is 5.69 Å². The smallest absolute Gasteiger partial charge is 0.337 e. The van der Waals surface area contributed by atoms with Crippen LogP contribution in [-0.4, -0.2) is 52.9 Å². The molecule has 1 aromatic heterocycles. The zero-order valence-corrected chi connectivity index (χ0v) is 19.2. The van der Waals surface area contributed by atoms with E-state index in [2.05, 4.69) is 5.10 Å². The van der Waals surface area contributed by atoms with Crippen molar-refractivity contribution in [3.63, 3.8) is 0 Å². The number of benzene rings is 2. The Labute approximate surface area is 190 Å². The number of aromatic nitrogens is 3. The normalized spacial score (nSPS) is 13.9. The van der Waals surface area contributed by atoms with Crippen LogP contribution in [0.15, 0.2) is 63.0 Å². The van der Waals surface area contributed by atoms with E-state index in [4.69, 9.17) is 0 Å². The third-order valence-corrected chi connectivity index (χ3v) is 6.75. The highest BCUT2D eigenvalue weighted by molar-refractivity contribution is 7.90. The number of carbonyl (C=O) groups excluding carboxylic acids is 1. The third-order valence-electron chi connectivity index (χ3n) is 5.63. The molecule has 1 saturated heterocycles. The summed E-state index contributed by atoms with van der Waals surface area (Å²) in [7, 11) is -3.43. The van der Waals surface area contributed by atoms with Crippen molar-refractivity contribution in [1.29, 1.82) is 0 Å². The summed E-state index contributed by atoms with van der Waals surface area (Å²) in [6, 6.07) is 12.9. The van der Waals surface area contributed by atoms with E-state index in [0.717, 1.165) is 39.5 Å². The maximum Gasteiger partial charge on any atom is 0.352 e. The Morgan fingerprint density at radius 1 is 0.970 bits per heavy atom. The van der Waals surface area contributed by atoms with E-state index in [1.54, 1.807) is 4.90 Å². The minimum Gasteiger partial charge on any atom is -0.337 e. The Kier molecular flexibility index (Phi) is 6.03. The average Bonchev–Trinajstić information content (AvgIpc) is 3.32. The van der Waals surface area contributed by atoms with Gasteiger partial charge in [0.25, 0.3) is 11.5 Å². The van der Waals surface area contributed by atoms with Crippen LogP contribution < -0.4 is 11.2 Å². The average molecular weight is 469 g/mol. The van der Waals surface area contributed by atoms with Gasteiger partial charge >= 0.3 is 5.69 Å². The standard InChI is InChI=1S/C23H24N4O5S/c1-16-5-7-17(8-6-16)15-26-22(29)20(21(28)25-13-3-4-14-25)24-27(23(26)30)18-9-11-19(12-10-18)33(2,31)32/h5-12H,3-4,13-15H2,1-2H3. The molecule has 0 N–H and O–H groups in total. The first-order chi connectivity index (χ1) is 15.6. The van der Waals surface area contributed by atoms with Crippen molar-refractivity contribution in [2.75, 3.05) is 19.3 Å². The molecular formula is C23H24N4O5S. The summed E-state index contributed by atoms with van der Waals surface area (Å²) >= 11 is 0. The summed E-state index contributed by atoms with van der Waals surface area (Å²) in [5.41, 5.74) is 0.210. The lowest BCUT2D eigenvalue weighted by Crippen LogP contribution is -2.46. The van der Waals surface area contributed by atoms with Crippen LogP contribution in [0.5, 0.6) is 0 Å². The molecule has 0 aliphatic carbocycles. The molecule has 172 valence electrons. The van der Waals surface area contributed by atoms with E-state index in [9.17, 15) is 22.8 Å². The second-order valence-corrected chi connectivity index (χ2v) is 10.2. The predicted molar refractivity (Wildman–Crippen MR) is 123 cm³/mol. The molecule has 2 heterocycles. The molecule has 0 radical (unpaired) electrons. The molecule has 1 aliphatic rings. The van der Waals surface area contributed by atoms with Gasteiger partial charge in [-0.05, 0) is 49.6 Å². The minimum absolute atomic E-state index is 0.0256. The van der Waals surface area contributed by atoms with Gasteiger partial charge in [0, 0.05) is 19.3 Å². The van der Waals surface area contributed by atoms with Crippen molar-refractivity contribution in [2.45, 2.75) is 31.2 Å². The Balaban J connectivity index is 1.87. The zero-order chi connectivity index (χ0) is 23.8. The van der Waals surface area contributed by atoms with E-state index in [1.807, 2.05) is 31.2 Å². The highest BCUT2D eigenvalue weighted by Crippen LogP contribution is 2.13. The van der Waals surface area contributed by atoms with Gasteiger partial charge in [-0.15, -0.1) is 0 Å². The first-order valence-corrected chi connectivity index (χ1v) is 12.4. The summed E-state index contributed by atoms with van der Waals surface area (Å²) in [5.74, 6) is -0.517. The van der Waals surface area contributed by atoms with Gasteiger partial charge in [-0.2, -0.15) is 9.78 Å². The van der Waals surface area contributed by atoms with Gasteiger partial charge in [-0.3, -0.25) is 14.2 Å². The van der Waals surface area contributed by atoms with Crippen LogP contribution >= 0.6 is 0 Å². The van der Waals surface area contributed by atoms with Crippen LogP contribution in [0.3, 0.4) is 0 Å². The van der Waals surface area contributed by atoms with Crippen LogP contribution in [0.1, 0.15) is 34.5 Å². The second kappa shape index (κ2) is 8.78. The molecule has 1 aliphatic heterocycles. The van der Waals surface area contributed by atoms with Crippen LogP contribution in [-0.2, 0) is 16.4 Å². The number of likely N-dealkylation sites (tertiary alicyclic amines) is 1. The molecule has 3 aromatic rings. The molecule has 0 saturated carbocycles. The van der Waals surface area contributed by atoms with Gasteiger partial charge in [-0.1, -0.05) is 29.8 Å². The van der Waals surface area contributed by atoms with Gasteiger partial charge in [0.05, 0.1) is 17.1 Å². The molecule has 0 atom stereocenters. The largest absolute Gasteiger partial charge is 0.352 e. The van der Waals surface area contributed by atoms with Crippen molar-refractivity contribution in [1.82, 2.24) is 19.2 Å². The van der Waals surface area contributed by atoms with Crippen molar-refractivity contribution in [3.05, 3.63) is 86.2 Å². The Bertz CT molecular complexity index is 1420. The van der Waals surface area contributed by atoms with Gasteiger partial charge < -0.3 is 4.90 Å². The van der Waals surface area contributed by atoms with E-state index in [0.29, 0.717) is 13.1 Å². The van der Waals surface area contributed by atoms with Crippen LogP contribution in [0.4, 0.5) is 0 Å². The highest BCUT2D eigenvalue weighted by Gasteiger charge is 2.26. The zero-order valence-electron chi connectivity index (χ0n) is 18.4. The lowest BCUT2D eigenvalue weighted by Gasteiger charge is -2.17. The molecule has 0 spiro atoms. The molecule has 33 heavy (non-hydrogen) atoms. The topological polar surface area (TPSA) is 111 Å². The summed E-state index contributed by atoms with van der Waals surface area (Å²) in [6.07, 6.45) is 2.77. The highest BCUT2D eigenvalue weighted by atomic mass is 32.2. The number of hydrogen-bond acceptors (Lipinski definition) is 6. The summed E-state index contributed by atoms with van der Waals surface area (Å²) in [5, 5.41) is 4.13. The van der Waals surface area contributed by atoms with Crippen molar-refractivity contribution >= 4 is 15.7 Å². The quantitative estimate of drug-likeness (QED) is 0.560. The number of hydrogen-bond donors (Lipinski definition) is 0. The fourth-order valence-electron chi connectivity index (χ4n) is 3.74. The Morgan fingerprint density at radius 2 is 1.58 bits per heavy atom. The van der Waals surface area contributed by atoms with Crippen LogP contribution in [0.2, 0.25) is 0 Å². The van der Waals surface area contributed by atoms with E-state index in [1.165, 1.54) is 24.3 Å². The lowest BCUT2D eigenvalue weighted by molar-refractivity contribution is 0.0781. The number of nitrogens with zero attached hydrogens (tertiary/aromatic N) is 4. The maximum atomic E-state index is 13.3. The molecule has 9 nitrogen and oxygen atoms in total. The van der Waals surface area contributed by atoms with Gasteiger partial charge in [0.2, 0.25) is 5.69 Å². The number of carbonyl (C=O) groups is 1. The molecule has 1 fully saturated rings. The van der Waals surface area contributed by atoms with E-state index >= 15 is 0 Å². The predicted octanol–water partition coefficient (Wildman–Crippen LogP) is 1.39. The monoisotopic (exact) mass is 468 g/mol. The maximum absolute atomic E-state index is 13.3. The fraction of sp³-hybridized carbons (Fsp3) is 0.304. The minimum atomic E-state index is -3.43. The fourth-order valence-corrected chi connectivity index (χ4v) is 4.37. The van der Waals surface area contributed by atoms with Gasteiger partial charge in [-0.25, -0.2) is 13.2 Å². The second-order valence-electron chi connectivity index (χ2n) is 8.19. The third kappa shape index (κ3) is 4.65. The number of amides is 1. The van der Waals surface area contributed by atoms with Crippen molar-refractivity contribution in [2.24, 2.45) is 0 Å². The molecule has 2 aromatic carbocycles. The number of rotatable bonds is 5. The first kappa shape index (κ1) is 22.7. The molecule has 0 unspecified atom stereocenters. The first-order valence-electron chi connectivity index (χ1n) is 10.5. The Hall–Kier alpha value is -3.53. The van der Waals surface area contributed by atoms with Crippen LogP contribution in [0, 0.1) is 6.92 Å². The lowest BCUT2D eigenvalue weighted by atomic mass is 10.1. The van der Waals surface area contributed by atoms with Crippen molar-refractivity contribution < 1.29 is 13.2 Å². The molecule has 4 rings (SSSR count). The summed E-state index contributed by atoms with van der Waals surface area (Å²) in [6.45, 7) is 2.96. The summed E-state index contributed by atoms with van der Waals surface area (Å²) in [4.78, 5) is 41.1. The molecule has 0 bridgehead atoms.